The van der Waals surface area contributed by atoms with E-state index in [1.807, 2.05) is 6.92 Å². The average Bonchev–Trinajstić information content (AvgIpc) is 2.93. The maximum Gasteiger partial charge on any atom is 0.327 e. The van der Waals surface area contributed by atoms with E-state index < -0.39 is 5.54 Å². The van der Waals surface area contributed by atoms with Gasteiger partial charge >= 0.3 is 6.03 Å². The predicted octanol–water partition coefficient (Wildman–Crippen LogP) is 1.79. The molecule has 2 aliphatic rings. The highest BCUT2D eigenvalue weighted by Gasteiger charge is 2.57. The molecule has 3 amide bonds. The number of carbonyl (C=O) groups is 2. The minimum atomic E-state index is -0.557. The summed E-state index contributed by atoms with van der Waals surface area (Å²) in [5.74, 6) is -0.0372. The zero-order valence-corrected chi connectivity index (χ0v) is 11.6. The first-order valence-electron chi connectivity index (χ1n) is 6.99. The first-order chi connectivity index (χ1) is 9.17. The normalized spacial score (nSPS) is 26.2. The quantitative estimate of drug-likeness (QED) is 0.401. The van der Waals surface area contributed by atoms with Gasteiger partial charge in [-0.3, -0.25) is 9.69 Å². The van der Waals surface area contributed by atoms with E-state index in [-0.39, 0.29) is 11.9 Å². The molecule has 0 radical (unpaired) electrons. The molecule has 2 aliphatic heterocycles. The van der Waals surface area contributed by atoms with Gasteiger partial charge in [0.05, 0.1) is 19.8 Å². The molecule has 2 rings (SSSR count). The fraction of sp³-hybridized carbons (Fsp3) is 0.714. The van der Waals surface area contributed by atoms with E-state index in [0.29, 0.717) is 32.7 Å². The van der Waals surface area contributed by atoms with Gasteiger partial charge in [-0.15, -0.1) is 6.58 Å². The Morgan fingerprint density at radius 2 is 2.21 bits per heavy atom. The fourth-order valence-electron chi connectivity index (χ4n) is 3.00. The van der Waals surface area contributed by atoms with Crippen molar-refractivity contribution in [3.05, 3.63) is 12.7 Å². The topological polar surface area (TPSA) is 49.9 Å². The molecule has 0 aromatic rings. The molecule has 0 N–H and O–H groups in total. The van der Waals surface area contributed by atoms with Crippen LogP contribution in [-0.2, 0) is 9.53 Å². The van der Waals surface area contributed by atoms with Crippen LogP contribution in [0.4, 0.5) is 4.79 Å². The van der Waals surface area contributed by atoms with Gasteiger partial charge in [-0.1, -0.05) is 13.0 Å². The van der Waals surface area contributed by atoms with Gasteiger partial charge in [0.2, 0.25) is 0 Å². The third-order valence-electron chi connectivity index (χ3n) is 4.10. The van der Waals surface area contributed by atoms with Crippen LogP contribution in [0.2, 0.25) is 0 Å². The molecule has 0 aromatic carbocycles. The average molecular weight is 266 g/mol. The van der Waals surface area contributed by atoms with E-state index in [4.69, 9.17) is 4.74 Å². The zero-order chi connectivity index (χ0) is 13.9. The summed E-state index contributed by atoms with van der Waals surface area (Å²) in [6.07, 6.45) is 4.99. The van der Waals surface area contributed by atoms with Crippen LogP contribution in [0.1, 0.15) is 32.6 Å². The van der Waals surface area contributed by atoms with Crippen LogP contribution in [-0.4, -0.2) is 53.6 Å². The van der Waals surface area contributed by atoms with Crippen molar-refractivity contribution in [2.24, 2.45) is 0 Å². The van der Waals surface area contributed by atoms with Crippen LogP contribution in [0.3, 0.4) is 0 Å². The largest absolute Gasteiger partial charge is 0.379 e. The molecule has 2 fully saturated rings. The molecule has 0 aromatic heterocycles. The van der Waals surface area contributed by atoms with E-state index in [9.17, 15) is 9.59 Å². The number of rotatable bonds is 7. The van der Waals surface area contributed by atoms with Gasteiger partial charge in [-0.25, -0.2) is 4.79 Å². The van der Waals surface area contributed by atoms with Crippen molar-refractivity contribution in [2.45, 2.75) is 38.1 Å². The smallest absolute Gasteiger partial charge is 0.327 e. The predicted molar refractivity (Wildman–Crippen MR) is 71.7 cm³/mol. The lowest BCUT2D eigenvalue weighted by atomic mass is 9.93. The Morgan fingerprint density at radius 1 is 1.42 bits per heavy atom. The summed E-state index contributed by atoms with van der Waals surface area (Å²) in [4.78, 5) is 27.8. The summed E-state index contributed by atoms with van der Waals surface area (Å²) in [6, 6.07) is -0.142. The van der Waals surface area contributed by atoms with E-state index in [1.165, 1.54) is 4.90 Å². The van der Waals surface area contributed by atoms with Crippen LogP contribution in [0.25, 0.3) is 0 Å². The second-order valence-corrected chi connectivity index (χ2v) is 5.07. The van der Waals surface area contributed by atoms with Crippen molar-refractivity contribution in [3.8, 4) is 0 Å². The molecular weight excluding hydrogens is 244 g/mol. The van der Waals surface area contributed by atoms with Crippen LogP contribution in [0, 0.1) is 0 Å². The molecule has 0 saturated carbocycles. The standard InChI is InChI=1S/C14H22N2O3/c1-3-5-10-19-11-9-15-12(17)14(4-2)7-6-8-16(14)13(15)18/h3H,1,4-11H2,2H3. The zero-order valence-electron chi connectivity index (χ0n) is 11.6. The number of carbonyl (C=O) groups excluding carboxylic acids is 2. The van der Waals surface area contributed by atoms with Gasteiger partial charge in [0.15, 0.2) is 0 Å². The Balaban J connectivity index is 1.94. The second-order valence-electron chi connectivity index (χ2n) is 5.07. The first-order valence-corrected chi connectivity index (χ1v) is 6.99. The molecule has 0 spiro atoms. The van der Waals surface area contributed by atoms with Gasteiger partial charge in [-0.2, -0.15) is 0 Å². The van der Waals surface area contributed by atoms with E-state index in [1.54, 1.807) is 11.0 Å². The Bertz CT molecular complexity index is 383. The molecule has 2 heterocycles. The first kappa shape index (κ1) is 14.1. The lowest BCUT2D eigenvalue weighted by Crippen LogP contribution is -2.44. The Morgan fingerprint density at radius 3 is 2.84 bits per heavy atom. The van der Waals surface area contributed by atoms with Gasteiger partial charge in [0.1, 0.15) is 5.54 Å². The number of imide groups is 1. The Hall–Kier alpha value is -1.36. The SMILES string of the molecule is C=CCCOCCN1C(=O)N2CCCC2(CC)C1=O. The van der Waals surface area contributed by atoms with Crippen molar-refractivity contribution in [1.29, 1.82) is 0 Å². The maximum absolute atomic E-state index is 12.5. The number of nitrogens with zero attached hydrogens (tertiary/aromatic N) is 2. The Labute approximate surface area is 114 Å². The third-order valence-corrected chi connectivity index (χ3v) is 4.10. The third kappa shape index (κ3) is 2.27. The fourth-order valence-corrected chi connectivity index (χ4v) is 3.00. The monoisotopic (exact) mass is 266 g/mol. The number of ether oxygens (including phenoxy) is 1. The lowest BCUT2D eigenvalue weighted by molar-refractivity contribution is -0.133. The highest BCUT2D eigenvalue weighted by atomic mass is 16.5. The van der Waals surface area contributed by atoms with Crippen LogP contribution in [0.5, 0.6) is 0 Å². The van der Waals surface area contributed by atoms with Crippen molar-refractivity contribution < 1.29 is 14.3 Å². The van der Waals surface area contributed by atoms with Gasteiger partial charge < -0.3 is 9.64 Å². The molecule has 1 atom stereocenters. The highest BCUT2D eigenvalue weighted by molar-refractivity contribution is 6.07. The number of amides is 3. The second kappa shape index (κ2) is 5.74. The molecule has 106 valence electrons. The van der Waals surface area contributed by atoms with E-state index in [0.717, 1.165) is 19.3 Å². The van der Waals surface area contributed by atoms with Crippen molar-refractivity contribution in [3.63, 3.8) is 0 Å². The maximum atomic E-state index is 12.5. The van der Waals surface area contributed by atoms with Crippen LogP contribution < -0.4 is 0 Å². The summed E-state index contributed by atoms with van der Waals surface area (Å²) < 4.78 is 5.39. The van der Waals surface area contributed by atoms with Crippen molar-refractivity contribution >= 4 is 11.9 Å². The number of fused-ring (bicyclic) bond motifs is 1. The summed E-state index contributed by atoms with van der Waals surface area (Å²) in [6.45, 7) is 7.64. The van der Waals surface area contributed by atoms with Crippen molar-refractivity contribution in [2.75, 3.05) is 26.3 Å². The molecule has 5 heteroatoms. The number of hydrogen-bond donors (Lipinski definition) is 0. The van der Waals surface area contributed by atoms with Gasteiger partial charge in [0, 0.05) is 6.54 Å². The number of urea groups is 1. The summed E-state index contributed by atoms with van der Waals surface area (Å²) in [5.41, 5.74) is -0.557. The van der Waals surface area contributed by atoms with Crippen LogP contribution in [0.15, 0.2) is 12.7 Å². The molecule has 1 unspecified atom stereocenters. The van der Waals surface area contributed by atoms with E-state index in [2.05, 4.69) is 6.58 Å². The summed E-state index contributed by atoms with van der Waals surface area (Å²) in [5, 5.41) is 0. The van der Waals surface area contributed by atoms with Crippen LogP contribution >= 0.6 is 0 Å². The molecular formula is C14H22N2O3. The molecule has 5 nitrogen and oxygen atoms in total. The highest BCUT2D eigenvalue weighted by Crippen LogP contribution is 2.39. The lowest BCUT2D eigenvalue weighted by Gasteiger charge is -2.26. The summed E-state index contributed by atoms with van der Waals surface area (Å²) >= 11 is 0. The molecule has 0 bridgehead atoms. The molecule has 2 saturated heterocycles. The summed E-state index contributed by atoms with van der Waals surface area (Å²) in [7, 11) is 0. The minimum absolute atomic E-state index is 0.0372. The molecule has 19 heavy (non-hydrogen) atoms. The molecule has 0 aliphatic carbocycles. The number of hydrogen-bond acceptors (Lipinski definition) is 3. The van der Waals surface area contributed by atoms with Gasteiger partial charge in [0.25, 0.3) is 5.91 Å². The Kier molecular flexibility index (Phi) is 4.24. The van der Waals surface area contributed by atoms with E-state index >= 15 is 0 Å². The minimum Gasteiger partial charge on any atom is -0.379 e. The van der Waals surface area contributed by atoms with Crippen molar-refractivity contribution in [1.82, 2.24) is 9.80 Å². The van der Waals surface area contributed by atoms with Gasteiger partial charge in [-0.05, 0) is 25.7 Å².